The fourth-order valence-electron chi connectivity index (χ4n) is 2.32. The Labute approximate surface area is 133 Å². The number of imidazole rings is 1. The van der Waals surface area contributed by atoms with E-state index in [-0.39, 0.29) is 6.04 Å². The van der Waals surface area contributed by atoms with Crippen LogP contribution < -0.4 is 5.32 Å². The van der Waals surface area contributed by atoms with Crippen LogP contribution in [0.5, 0.6) is 0 Å². The summed E-state index contributed by atoms with van der Waals surface area (Å²) in [6.07, 6.45) is 4.72. The maximum absolute atomic E-state index is 6.13. The smallest absolute Gasteiger partial charge is 0.110 e. The van der Waals surface area contributed by atoms with Crippen molar-refractivity contribution in [1.82, 2.24) is 14.9 Å². The normalized spacial score (nSPS) is 12.6. The van der Waals surface area contributed by atoms with E-state index in [1.807, 2.05) is 30.6 Å². The number of nitrogens with one attached hydrogen (secondary N) is 1. The molecule has 1 atom stereocenters. The van der Waals surface area contributed by atoms with E-state index in [1.165, 1.54) is 5.56 Å². The summed E-state index contributed by atoms with van der Waals surface area (Å²) in [6, 6.07) is 6.10. The number of nitrogens with zero attached hydrogens (tertiary/aromatic N) is 2. The second-order valence-electron chi connectivity index (χ2n) is 4.61. The Balaban J connectivity index is 2.29. The zero-order chi connectivity index (χ0) is 14.5. The fourth-order valence-corrected chi connectivity index (χ4v) is 3.02. The van der Waals surface area contributed by atoms with Gasteiger partial charge >= 0.3 is 0 Å². The van der Waals surface area contributed by atoms with Crippen LogP contribution in [0.25, 0.3) is 0 Å². The molecule has 1 aromatic carbocycles. The molecular formula is C15H19BrClN3. The number of likely N-dealkylation sites (N-methyl/N-ethyl adjacent to an activating group) is 1. The van der Waals surface area contributed by atoms with Gasteiger partial charge < -0.3 is 9.88 Å². The molecule has 0 aliphatic carbocycles. The second-order valence-corrected chi connectivity index (χ2v) is 5.90. The van der Waals surface area contributed by atoms with Crippen molar-refractivity contribution in [3.63, 3.8) is 0 Å². The summed E-state index contributed by atoms with van der Waals surface area (Å²) in [5.74, 6) is 1.09. The number of rotatable bonds is 6. The average molecular weight is 357 g/mol. The standard InChI is InChI=1S/C15H19BrClN3/c1-3-18-14(10-15-19-7-8-20(15)4-2)12-9-11(17)5-6-13(12)16/h5-9,14,18H,3-4,10H2,1-2H3. The Bertz CT molecular complexity index is 568. The van der Waals surface area contributed by atoms with E-state index in [2.05, 4.69) is 44.6 Å². The van der Waals surface area contributed by atoms with Crippen LogP contribution >= 0.6 is 27.5 Å². The topological polar surface area (TPSA) is 29.9 Å². The lowest BCUT2D eigenvalue weighted by molar-refractivity contribution is 0.520. The van der Waals surface area contributed by atoms with Gasteiger partial charge in [0.25, 0.3) is 0 Å². The van der Waals surface area contributed by atoms with Crippen molar-refractivity contribution in [1.29, 1.82) is 0 Å². The first-order valence-corrected chi connectivity index (χ1v) is 8.01. The number of halogens is 2. The molecule has 0 saturated carbocycles. The highest BCUT2D eigenvalue weighted by Gasteiger charge is 2.17. The van der Waals surface area contributed by atoms with E-state index in [9.17, 15) is 0 Å². The molecule has 0 aliphatic heterocycles. The van der Waals surface area contributed by atoms with Crippen LogP contribution in [0, 0.1) is 0 Å². The minimum absolute atomic E-state index is 0.195. The predicted molar refractivity (Wildman–Crippen MR) is 87.2 cm³/mol. The van der Waals surface area contributed by atoms with Gasteiger partial charge in [0.1, 0.15) is 5.82 Å². The third-order valence-corrected chi connectivity index (χ3v) is 4.27. The first-order chi connectivity index (χ1) is 9.65. The molecule has 0 radical (unpaired) electrons. The van der Waals surface area contributed by atoms with Crippen LogP contribution in [0.2, 0.25) is 5.02 Å². The molecule has 5 heteroatoms. The van der Waals surface area contributed by atoms with E-state index < -0.39 is 0 Å². The average Bonchev–Trinajstić information content (AvgIpc) is 2.88. The molecule has 0 amide bonds. The van der Waals surface area contributed by atoms with Gasteiger partial charge in [-0.3, -0.25) is 0 Å². The molecule has 0 saturated heterocycles. The number of hydrogen-bond donors (Lipinski definition) is 1. The van der Waals surface area contributed by atoms with Crippen LogP contribution in [0.15, 0.2) is 35.1 Å². The van der Waals surface area contributed by atoms with E-state index in [1.54, 1.807) is 0 Å². The number of aryl methyl sites for hydroxylation is 1. The highest BCUT2D eigenvalue weighted by Crippen LogP contribution is 2.28. The molecule has 108 valence electrons. The molecule has 0 fully saturated rings. The summed E-state index contributed by atoms with van der Waals surface area (Å²) < 4.78 is 3.24. The van der Waals surface area contributed by atoms with E-state index in [0.717, 1.165) is 34.8 Å². The summed E-state index contributed by atoms with van der Waals surface area (Å²) in [7, 11) is 0. The molecule has 1 unspecified atom stereocenters. The van der Waals surface area contributed by atoms with Gasteiger partial charge in [0, 0.05) is 40.9 Å². The van der Waals surface area contributed by atoms with Gasteiger partial charge in [-0.15, -0.1) is 0 Å². The van der Waals surface area contributed by atoms with Crippen LogP contribution in [-0.4, -0.2) is 16.1 Å². The minimum atomic E-state index is 0.195. The summed E-state index contributed by atoms with van der Waals surface area (Å²) in [5.41, 5.74) is 1.17. The zero-order valence-corrected chi connectivity index (χ0v) is 14.1. The van der Waals surface area contributed by atoms with Gasteiger partial charge in [-0.1, -0.05) is 34.5 Å². The fraction of sp³-hybridized carbons (Fsp3) is 0.400. The quantitative estimate of drug-likeness (QED) is 0.840. The third kappa shape index (κ3) is 3.62. The Morgan fingerprint density at radius 2 is 2.20 bits per heavy atom. The minimum Gasteiger partial charge on any atom is -0.335 e. The van der Waals surface area contributed by atoms with Crippen molar-refractivity contribution in [2.75, 3.05) is 6.54 Å². The molecule has 20 heavy (non-hydrogen) atoms. The van der Waals surface area contributed by atoms with Crippen molar-refractivity contribution < 1.29 is 0 Å². The molecule has 3 nitrogen and oxygen atoms in total. The Hall–Kier alpha value is -0.840. The molecule has 1 aromatic heterocycles. The highest BCUT2D eigenvalue weighted by atomic mass is 79.9. The van der Waals surface area contributed by atoms with E-state index in [0.29, 0.717) is 0 Å². The van der Waals surface area contributed by atoms with Crippen LogP contribution in [0.1, 0.15) is 31.3 Å². The molecular weight excluding hydrogens is 338 g/mol. The molecule has 1 N–H and O–H groups in total. The van der Waals surface area contributed by atoms with Crippen LogP contribution in [0.4, 0.5) is 0 Å². The predicted octanol–water partition coefficient (Wildman–Crippen LogP) is 4.21. The molecule has 2 aromatic rings. The number of benzene rings is 1. The van der Waals surface area contributed by atoms with Crippen LogP contribution in [-0.2, 0) is 13.0 Å². The first-order valence-electron chi connectivity index (χ1n) is 6.84. The number of hydrogen-bond acceptors (Lipinski definition) is 2. The Kier molecular flexibility index (Phi) is 5.64. The summed E-state index contributed by atoms with van der Waals surface area (Å²) in [6.45, 7) is 6.07. The van der Waals surface area contributed by atoms with Crippen molar-refractivity contribution in [2.45, 2.75) is 32.9 Å². The summed E-state index contributed by atoms with van der Waals surface area (Å²) >= 11 is 9.75. The molecule has 2 rings (SSSR count). The summed E-state index contributed by atoms with van der Waals surface area (Å²) in [5, 5.41) is 4.27. The maximum Gasteiger partial charge on any atom is 0.110 e. The zero-order valence-electron chi connectivity index (χ0n) is 11.7. The second kappa shape index (κ2) is 7.25. The maximum atomic E-state index is 6.13. The molecule has 0 aliphatic rings. The van der Waals surface area contributed by atoms with Crippen LogP contribution in [0.3, 0.4) is 0 Å². The number of aromatic nitrogens is 2. The van der Waals surface area contributed by atoms with Crippen molar-refractivity contribution in [3.8, 4) is 0 Å². The van der Waals surface area contributed by atoms with Gasteiger partial charge in [0.2, 0.25) is 0 Å². The first kappa shape index (κ1) is 15.5. The molecule has 0 spiro atoms. The largest absolute Gasteiger partial charge is 0.335 e. The van der Waals surface area contributed by atoms with Crippen molar-refractivity contribution in [2.24, 2.45) is 0 Å². The van der Waals surface area contributed by atoms with Crippen molar-refractivity contribution in [3.05, 3.63) is 51.5 Å². The van der Waals surface area contributed by atoms with Crippen molar-refractivity contribution >= 4 is 27.5 Å². The van der Waals surface area contributed by atoms with Gasteiger partial charge in [-0.05, 0) is 37.2 Å². The van der Waals surface area contributed by atoms with Gasteiger partial charge in [0.15, 0.2) is 0 Å². The molecule has 1 heterocycles. The Morgan fingerprint density at radius 1 is 1.40 bits per heavy atom. The van der Waals surface area contributed by atoms with E-state index >= 15 is 0 Å². The Morgan fingerprint density at radius 3 is 2.90 bits per heavy atom. The summed E-state index contributed by atoms with van der Waals surface area (Å²) in [4.78, 5) is 4.46. The van der Waals surface area contributed by atoms with Gasteiger partial charge in [0.05, 0.1) is 0 Å². The van der Waals surface area contributed by atoms with Gasteiger partial charge in [-0.25, -0.2) is 4.98 Å². The lowest BCUT2D eigenvalue weighted by Gasteiger charge is -2.20. The SMILES string of the molecule is CCNC(Cc1nccn1CC)c1cc(Cl)ccc1Br. The highest BCUT2D eigenvalue weighted by molar-refractivity contribution is 9.10. The third-order valence-electron chi connectivity index (χ3n) is 3.31. The van der Waals surface area contributed by atoms with Gasteiger partial charge in [-0.2, -0.15) is 0 Å². The lowest BCUT2D eigenvalue weighted by Crippen LogP contribution is -2.24. The van der Waals surface area contributed by atoms with E-state index in [4.69, 9.17) is 11.6 Å². The lowest BCUT2D eigenvalue weighted by atomic mass is 10.0. The molecule has 0 bridgehead atoms. The monoisotopic (exact) mass is 355 g/mol.